The lowest BCUT2D eigenvalue weighted by Crippen LogP contribution is -2.60. The van der Waals surface area contributed by atoms with Crippen molar-refractivity contribution in [3.63, 3.8) is 0 Å². The van der Waals surface area contributed by atoms with Crippen molar-refractivity contribution in [1.82, 2.24) is 0 Å². The fourth-order valence-electron chi connectivity index (χ4n) is 3.15. The van der Waals surface area contributed by atoms with Crippen molar-refractivity contribution in [1.29, 1.82) is 0 Å². The summed E-state index contributed by atoms with van der Waals surface area (Å²) in [6.07, 6.45) is -3.80. The molecule has 1 N–H and O–H groups in total. The maximum absolute atomic E-state index is 11.6. The van der Waals surface area contributed by atoms with Crippen molar-refractivity contribution >= 4 is 69.6 Å². The molecule has 22 heteroatoms. The number of rotatable bonds is 20. The number of alkyl halides is 3. The molecule has 0 aromatic rings. The summed E-state index contributed by atoms with van der Waals surface area (Å²) in [5.41, 5.74) is 1.61. The van der Waals surface area contributed by atoms with E-state index in [1.807, 2.05) is 0 Å². The van der Waals surface area contributed by atoms with Crippen LogP contribution in [-0.4, -0.2) is 114 Å². The lowest BCUT2D eigenvalue weighted by atomic mass is 10.4. The van der Waals surface area contributed by atoms with Crippen LogP contribution in [0.25, 0.3) is 0 Å². The summed E-state index contributed by atoms with van der Waals surface area (Å²) in [5, 5.41) is 7.89. The number of hydrogen-bond acceptors (Lipinski definition) is 14. The number of methoxy groups -OCH3 is 1. The van der Waals surface area contributed by atoms with Crippen LogP contribution in [0.3, 0.4) is 0 Å². The minimum Gasteiger partial charge on any atom is -0.478 e. The number of carbonyl (C=O) groups is 6. The summed E-state index contributed by atoms with van der Waals surface area (Å²) in [4.78, 5) is 63.4. The molecule has 0 rings (SSSR count). The van der Waals surface area contributed by atoms with E-state index < -0.39 is 70.4 Å². The van der Waals surface area contributed by atoms with E-state index in [9.17, 15) is 41.9 Å². The smallest absolute Gasteiger partial charge is 0.469 e. The molecular weight excluding hydrogens is 902 g/mol. The highest BCUT2D eigenvalue weighted by Crippen LogP contribution is 2.30. The number of ether oxygens (including phenoxy) is 5. The van der Waals surface area contributed by atoms with E-state index in [1.165, 1.54) is 21.0 Å². The zero-order valence-electron chi connectivity index (χ0n) is 40.3. The standard InChI is InChI=1S/C16H38O5Si4.C10H14O4.C6H7F3O2.C5H8O2.C4H6O2/c1-15(2)16(17)18-13-12-14-25(19-22(3,4)5,20-23(6,7)8)21-24(9,10)11;1-7(2)9(11)13-5-6-14-10(12)8(3)4;1-4(2)5(10)11-3-6(7,8)9;1-4(2)5(6)7-3;1-3(2)4(5)6/h1,12-14H2,2-11H3;1,3,5-6H2,2,4H3;1,3H2,2H3;1H2,2-3H3;1H2,2H3,(H,5,6). The van der Waals surface area contributed by atoms with E-state index in [1.54, 1.807) is 27.7 Å². The zero-order chi connectivity index (χ0) is 51.3. The third kappa shape index (κ3) is 48.7. The molecule has 0 atom stereocenters. The molecule has 0 heterocycles. The largest absolute Gasteiger partial charge is 0.478 e. The van der Waals surface area contributed by atoms with Crippen LogP contribution in [-0.2, 0) is 64.8 Å². The number of halogens is 3. The summed E-state index contributed by atoms with van der Waals surface area (Å²) >= 11 is 0. The fourth-order valence-corrected chi connectivity index (χ4v) is 17.8. The van der Waals surface area contributed by atoms with Crippen molar-refractivity contribution in [2.75, 3.05) is 33.5 Å². The number of carbonyl (C=O) groups excluding carboxylic acids is 5. The van der Waals surface area contributed by atoms with E-state index in [0.29, 0.717) is 41.4 Å². The second-order valence-electron chi connectivity index (χ2n) is 16.5. The van der Waals surface area contributed by atoms with Crippen molar-refractivity contribution in [3.8, 4) is 0 Å². The van der Waals surface area contributed by atoms with Gasteiger partial charge in [-0.15, -0.1) is 0 Å². The van der Waals surface area contributed by atoms with Gasteiger partial charge in [0, 0.05) is 39.5 Å². The first-order valence-corrected chi connectivity index (χ1v) is 31.3. The molecule has 63 heavy (non-hydrogen) atoms. The summed E-state index contributed by atoms with van der Waals surface area (Å²) in [7, 11) is -7.07. The summed E-state index contributed by atoms with van der Waals surface area (Å²) in [5.74, 6) is -3.64. The van der Waals surface area contributed by atoms with E-state index in [2.05, 4.69) is 117 Å². The average Bonchev–Trinajstić information content (AvgIpc) is 3.08. The molecule has 0 amide bonds. The molecular formula is C41H73F3O15Si4. The predicted octanol–water partition coefficient (Wildman–Crippen LogP) is 9.26. The minimum atomic E-state index is -4.47. The Balaban J connectivity index is -0.000000248. The van der Waals surface area contributed by atoms with E-state index >= 15 is 0 Å². The maximum atomic E-state index is 11.6. The molecule has 0 spiro atoms. The molecule has 0 aromatic carbocycles. The van der Waals surface area contributed by atoms with Crippen molar-refractivity contribution in [2.45, 2.75) is 119 Å². The lowest BCUT2D eigenvalue weighted by molar-refractivity contribution is -0.183. The van der Waals surface area contributed by atoms with Crippen molar-refractivity contribution in [3.05, 3.63) is 72.9 Å². The van der Waals surface area contributed by atoms with Crippen LogP contribution in [0.2, 0.25) is 65.0 Å². The van der Waals surface area contributed by atoms with Crippen LogP contribution >= 0.6 is 0 Å². The van der Waals surface area contributed by atoms with Gasteiger partial charge in [-0.25, -0.2) is 28.8 Å². The van der Waals surface area contributed by atoms with Gasteiger partial charge in [-0.1, -0.05) is 39.5 Å². The number of hydrogen-bond donors (Lipinski definition) is 1. The summed E-state index contributed by atoms with van der Waals surface area (Å²) in [6, 6.07) is 0.676. The molecule has 0 saturated heterocycles. The van der Waals surface area contributed by atoms with Gasteiger partial charge in [-0.3, -0.25) is 0 Å². The van der Waals surface area contributed by atoms with E-state index in [-0.39, 0.29) is 36.3 Å². The van der Waals surface area contributed by atoms with Crippen LogP contribution in [0.4, 0.5) is 13.2 Å². The second-order valence-corrected chi connectivity index (χ2v) is 33.5. The molecule has 0 aliphatic carbocycles. The molecule has 0 bridgehead atoms. The Morgan fingerprint density at radius 2 is 0.730 bits per heavy atom. The Bertz CT molecular complexity index is 1510. The number of aliphatic carboxylic acids is 1. The third-order valence-corrected chi connectivity index (χ3v) is 17.5. The van der Waals surface area contributed by atoms with Crippen LogP contribution in [0.15, 0.2) is 72.9 Å². The number of esters is 5. The fraction of sp³-hybridized carbons (Fsp3) is 0.561. The molecule has 0 radical (unpaired) electrons. The first-order chi connectivity index (χ1) is 28.0. The second kappa shape index (κ2) is 32.5. The SMILES string of the molecule is C=C(C)C(=O)O.C=C(C)C(=O)OC.C=C(C)C(=O)OCC(F)(F)F.C=C(C)C(=O)OCCC[Si](O[Si](C)(C)C)(O[Si](C)(C)C)O[Si](C)(C)C.C=C(C)C(=O)OCCOC(=O)C(=C)C. The van der Waals surface area contributed by atoms with Gasteiger partial charge in [-0.2, -0.15) is 13.2 Å². The van der Waals surface area contributed by atoms with Gasteiger partial charge in [0.2, 0.25) is 0 Å². The minimum absolute atomic E-state index is 0.0325. The number of carboxylic acid groups (broad SMARTS) is 1. The van der Waals surface area contributed by atoms with Crippen molar-refractivity contribution < 1.29 is 83.1 Å². The quantitative estimate of drug-likeness (QED) is 0.0398. The highest BCUT2D eigenvalue weighted by Gasteiger charge is 2.49. The summed E-state index contributed by atoms with van der Waals surface area (Å²) < 4.78 is 76.5. The molecule has 0 fully saturated rings. The van der Waals surface area contributed by atoms with Gasteiger partial charge in [-0.05, 0) is 107 Å². The number of carboxylic acids is 1. The Hall–Kier alpha value is -4.20. The monoisotopic (exact) mass is 974 g/mol. The molecule has 364 valence electrons. The molecule has 0 aliphatic rings. The molecule has 0 aromatic heterocycles. The highest BCUT2D eigenvalue weighted by atomic mass is 28.5. The van der Waals surface area contributed by atoms with Gasteiger partial charge in [0.05, 0.1) is 13.7 Å². The average molecular weight is 975 g/mol. The van der Waals surface area contributed by atoms with E-state index in [0.717, 1.165) is 0 Å². The van der Waals surface area contributed by atoms with Crippen LogP contribution in [0.5, 0.6) is 0 Å². The summed E-state index contributed by atoms with van der Waals surface area (Å²) in [6.45, 7) is 47.4. The lowest BCUT2D eigenvalue weighted by Gasteiger charge is -2.42. The van der Waals surface area contributed by atoms with Crippen LogP contribution in [0, 0.1) is 0 Å². The molecule has 0 saturated carbocycles. The van der Waals surface area contributed by atoms with Gasteiger partial charge in [0.15, 0.2) is 31.6 Å². The zero-order valence-corrected chi connectivity index (χ0v) is 44.3. The Labute approximate surface area is 377 Å². The van der Waals surface area contributed by atoms with Gasteiger partial charge < -0.3 is 41.1 Å². The van der Waals surface area contributed by atoms with Gasteiger partial charge in [0.1, 0.15) is 13.2 Å². The van der Waals surface area contributed by atoms with Crippen LogP contribution < -0.4 is 0 Å². The first-order valence-electron chi connectivity index (χ1n) is 19.2. The third-order valence-electron chi connectivity index (χ3n) is 5.45. The van der Waals surface area contributed by atoms with Gasteiger partial charge >= 0.3 is 50.8 Å². The Morgan fingerprint density at radius 1 is 0.476 bits per heavy atom. The van der Waals surface area contributed by atoms with E-state index in [4.69, 9.17) is 22.2 Å². The molecule has 0 unspecified atom stereocenters. The topological polar surface area (TPSA) is 196 Å². The maximum Gasteiger partial charge on any atom is 0.469 e. The van der Waals surface area contributed by atoms with Crippen molar-refractivity contribution in [2.24, 2.45) is 0 Å². The van der Waals surface area contributed by atoms with Gasteiger partial charge in [0.25, 0.3) is 0 Å². The molecule has 15 nitrogen and oxygen atoms in total. The van der Waals surface area contributed by atoms with Crippen LogP contribution in [0.1, 0.15) is 48.0 Å². The molecule has 0 aliphatic heterocycles. The predicted molar refractivity (Wildman–Crippen MR) is 247 cm³/mol. The Kier molecular flexibility index (Phi) is 35.0. The first kappa shape index (κ1) is 67.9. The Morgan fingerprint density at radius 3 is 0.921 bits per heavy atom. The normalized spacial score (nSPS) is 10.9. The highest BCUT2D eigenvalue weighted by molar-refractivity contribution is 6.90.